The molecule has 4 heteroatoms. The Morgan fingerprint density at radius 1 is 1.31 bits per heavy atom. The summed E-state index contributed by atoms with van der Waals surface area (Å²) in [6, 6.07) is 5.44. The summed E-state index contributed by atoms with van der Waals surface area (Å²) in [4.78, 5) is 0. The van der Waals surface area contributed by atoms with Gasteiger partial charge in [0.1, 0.15) is 5.75 Å². The van der Waals surface area contributed by atoms with Gasteiger partial charge in [0, 0.05) is 11.6 Å². The zero-order valence-corrected chi connectivity index (χ0v) is 10.5. The Morgan fingerprint density at radius 3 is 2.62 bits per heavy atom. The van der Waals surface area contributed by atoms with E-state index in [0.29, 0.717) is 12.3 Å². The monoisotopic (exact) mass is 244 g/mol. The average Bonchev–Trinajstić information content (AvgIpc) is 2.22. The van der Waals surface area contributed by atoms with Crippen LogP contribution >= 0.6 is 12.4 Å². The van der Waals surface area contributed by atoms with Gasteiger partial charge in [0.15, 0.2) is 0 Å². The number of hydrogen-bond donors (Lipinski definition) is 3. The maximum Gasteiger partial charge on any atom is 0.120 e. The molecular formula is C12H21ClN2O. The molecule has 1 aromatic rings. The highest BCUT2D eigenvalue weighted by Gasteiger charge is 2.10. The van der Waals surface area contributed by atoms with E-state index < -0.39 is 0 Å². The number of phenols is 1. The Bertz CT molecular complexity index is 318. The van der Waals surface area contributed by atoms with Gasteiger partial charge in [-0.2, -0.15) is 0 Å². The lowest BCUT2D eigenvalue weighted by Crippen LogP contribution is -2.11. The van der Waals surface area contributed by atoms with Crippen LogP contribution < -0.4 is 11.5 Å². The number of aryl methyl sites for hydroxylation is 1. The Kier molecular flexibility index (Phi) is 7.13. The van der Waals surface area contributed by atoms with Crippen LogP contribution in [0.4, 0.5) is 0 Å². The van der Waals surface area contributed by atoms with Crippen LogP contribution in [0.3, 0.4) is 0 Å². The molecule has 3 nitrogen and oxygen atoms in total. The number of unbranched alkanes of at least 4 members (excludes halogenated alkanes) is 1. The molecule has 0 fully saturated rings. The van der Waals surface area contributed by atoms with Crippen molar-refractivity contribution in [1.82, 2.24) is 0 Å². The van der Waals surface area contributed by atoms with Crippen molar-refractivity contribution in [2.45, 2.75) is 32.2 Å². The molecule has 5 N–H and O–H groups in total. The van der Waals surface area contributed by atoms with Gasteiger partial charge in [-0.25, -0.2) is 0 Å². The number of benzene rings is 1. The highest BCUT2D eigenvalue weighted by atomic mass is 35.5. The highest BCUT2D eigenvalue weighted by molar-refractivity contribution is 5.85. The van der Waals surface area contributed by atoms with E-state index in [2.05, 4.69) is 0 Å². The third kappa shape index (κ3) is 4.39. The van der Waals surface area contributed by atoms with Crippen molar-refractivity contribution in [1.29, 1.82) is 0 Å². The van der Waals surface area contributed by atoms with E-state index in [4.69, 9.17) is 11.5 Å². The number of aromatic hydroxyl groups is 1. The zero-order valence-electron chi connectivity index (χ0n) is 9.65. The van der Waals surface area contributed by atoms with E-state index in [9.17, 15) is 5.11 Å². The first-order valence-corrected chi connectivity index (χ1v) is 5.40. The highest BCUT2D eigenvalue weighted by Crippen LogP contribution is 2.26. The van der Waals surface area contributed by atoms with Crippen LogP contribution in [0.1, 0.15) is 36.4 Å². The normalized spacial score (nSPS) is 11.9. The largest absolute Gasteiger partial charge is 0.508 e. The lowest BCUT2D eigenvalue weighted by Gasteiger charge is -2.14. The molecule has 0 amide bonds. The predicted molar refractivity (Wildman–Crippen MR) is 69.9 cm³/mol. The minimum atomic E-state index is -0.0866. The fraction of sp³-hybridized carbons (Fsp3) is 0.500. The van der Waals surface area contributed by atoms with Gasteiger partial charge in [-0.05, 0) is 32.4 Å². The topological polar surface area (TPSA) is 72.3 Å². The number of hydrogen-bond acceptors (Lipinski definition) is 3. The first-order chi connectivity index (χ1) is 7.15. The maximum atomic E-state index is 9.66. The molecule has 0 saturated heterocycles. The molecule has 0 aliphatic heterocycles. The number of nitrogens with two attached hydrogens (primary N) is 2. The molecule has 0 bridgehead atoms. The van der Waals surface area contributed by atoms with E-state index in [1.165, 1.54) is 0 Å². The van der Waals surface area contributed by atoms with Gasteiger partial charge < -0.3 is 16.6 Å². The summed E-state index contributed by atoms with van der Waals surface area (Å²) < 4.78 is 0. The Morgan fingerprint density at radius 2 is 2.00 bits per heavy atom. The second-order valence-corrected chi connectivity index (χ2v) is 3.95. The molecule has 0 spiro atoms. The Balaban J connectivity index is 0.00000225. The Hall–Kier alpha value is -0.770. The second kappa shape index (κ2) is 7.49. The molecule has 0 radical (unpaired) electrons. The van der Waals surface area contributed by atoms with Crippen LogP contribution in [-0.2, 0) is 0 Å². The van der Waals surface area contributed by atoms with Crippen LogP contribution in [0.2, 0.25) is 0 Å². The van der Waals surface area contributed by atoms with Crippen molar-refractivity contribution >= 4 is 12.4 Å². The summed E-state index contributed by atoms with van der Waals surface area (Å²) in [5, 5.41) is 9.66. The van der Waals surface area contributed by atoms with Crippen molar-refractivity contribution in [3.05, 3.63) is 29.3 Å². The second-order valence-electron chi connectivity index (χ2n) is 3.95. The van der Waals surface area contributed by atoms with Gasteiger partial charge in [-0.1, -0.05) is 24.1 Å². The molecule has 0 aliphatic rings. The minimum Gasteiger partial charge on any atom is -0.508 e. The maximum absolute atomic E-state index is 9.66. The SMILES string of the molecule is Cc1ccc(O)c([C@@H](N)CCCCN)c1.Cl. The molecule has 1 rings (SSSR count). The number of halogens is 1. The molecule has 1 aromatic carbocycles. The smallest absolute Gasteiger partial charge is 0.120 e. The fourth-order valence-electron chi connectivity index (χ4n) is 1.64. The van der Waals surface area contributed by atoms with Crippen molar-refractivity contribution in [3.63, 3.8) is 0 Å². The van der Waals surface area contributed by atoms with Gasteiger partial charge in [0.25, 0.3) is 0 Å². The van der Waals surface area contributed by atoms with E-state index in [1.54, 1.807) is 6.07 Å². The summed E-state index contributed by atoms with van der Waals surface area (Å²) in [5.41, 5.74) is 13.4. The molecule has 0 aliphatic carbocycles. The van der Waals surface area contributed by atoms with Gasteiger partial charge >= 0.3 is 0 Å². The quantitative estimate of drug-likeness (QED) is 0.696. The predicted octanol–water partition coefficient (Wildman–Crippen LogP) is 2.25. The van der Waals surface area contributed by atoms with Crippen molar-refractivity contribution in [2.24, 2.45) is 11.5 Å². The van der Waals surface area contributed by atoms with Crippen molar-refractivity contribution in [3.8, 4) is 5.75 Å². The summed E-state index contributed by atoms with van der Waals surface area (Å²) in [7, 11) is 0. The summed E-state index contributed by atoms with van der Waals surface area (Å²) in [5.74, 6) is 0.292. The molecular weight excluding hydrogens is 224 g/mol. The van der Waals surface area contributed by atoms with Crippen LogP contribution in [0.15, 0.2) is 18.2 Å². The summed E-state index contributed by atoms with van der Waals surface area (Å²) >= 11 is 0. The molecule has 92 valence electrons. The van der Waals surface area contributed by atoms with Gasteiger partial charge in [0.2, 0.25) is 0 Å². The van der Waals surface area contributed by atoms with Crippen LogP contribution in [0, 0.1) is 6.92 Å². The molecule has 0 saturated carbocycles. The molecule has 1 atom stereocenters. The van der Waals surface area contributed by atoms with Gasteiger partial charge in [0.05, 0.1) is 0 Å². The molecule has 0 heterocycles. The lowest BCUT2D eigenvalue weighted by atomic mass is 9.99. The van der Waals surface area contributed by atoms with Gasteiger partial charge in [-0.15, -0.1) is 12.4 Å². The first-order valence-electron chi connectivity index (χ1n) is 5.40. The number of rotatable bonds is 5. The lowest BCUT2D eigenvalue weighted by molar-refractivity contribution is 0.456. The van der Waals surface area contributed by atoms with Crippen LogP contribution in [-0.4, -0.2) is 11.7 Å². The molecule has 16 heavy (non-hydrogen) atoms. The first kappa shape index (κ1) is 15.2. The zero-order chi connectivity index (χ0) is 11.3. The van der Waals surface area contributed by atoms with Crippen molar-refractivity contribution in [2.75, 3.05) is 6.54 Å². The van der Waals surface area contributed by atoms with Crippen LogP contribution in [0.5, 0.6) is 5.75 Å². The van der Waals surface area contributed by atoms with E-state index in [1.807, 2.05) is 19.1 Å². The number of phenolic OH excluding ortho intramolecular Hbond substituents is 1. The molecule has 0 unspecified atom stereocenters. The third-order valence-corrected chi connectivity index (χ3v) is 2.55. The van der Waals surface area contributed by atoms with E-state index in [0.717, 1.165) is 30.4 Å². The summed E-state index contributed by atoms with van der Waals surface area (Å²) in [6.45, 7) is 2.70. The average molecular weight is 245 g/mol. The standard InChI is InChI=1S/C12H20N2O.ClH/c1-9-5-6-12(15)10(8-9)11(14)4-2-3-7-13;/h5-6,8,11,15H,2-4,7,13-14H2,1H3;1H/t11-;/m0./s1. The Labute approximate surface area is 103 Å². The van der Waals surface area contributed by atoms with E-state index in [-0.39, 0.29) is 18.4 Å². The summed E-state index contributed by atoms with van der Waals surface area (Å²) in [6.07, 6.45) is 2.86. The molecule has 0 aromatic heterocycles. The van der Waals surface area contributed by atoms with Crippen molar-refractivity contribution < 1.29 is 5.11 Å². The third-order valence-electron chi connectivity index (χ3n) is 2.55. The van der Waals surface area contributed by atoms with Gasteiger partial charge in [-0.3, -0.25) is 0 Å². The van der Waals surface area contributed by atoms with E-state index >= 15 is 0 Å². The minimum absolute atomic E-state index is 0. The fourth-order valence-corrected chi connectivity index (χ4v) is 1.64. The van der Waals surface area contributed by atoms with Crippen LogP contribution in [0.25, 0.3) is 0 Å².